The van der Waals surface area contributed by atoms with E-state index in [0.717, 1.165) is 25.4 Å². The highest BCUT2D eigenvalue weighted by Gasteiger charge is 2.10. The molecule has 1 aromatic carbocycles. The number of hydrogen-bond acceptors (Lipinski definition) is 4. The van der Waals surface area contributed by atoms with Crippen LogP contribution in [0.4, 0.5) is 5.82 Å². The molecule has 90 valence electrons. The summed E-state index contributed by atoms with van der Waals surface area (Å²) < 4.78 is 1.85. The highest BCUT2D eigenvalue weighted by atomic mass is 79.9. The van der Waals surface area contributed by atoms with Crippen LogP contribution < -0.4 is 5.73 Å². The SMILES string of the molecule is Nc1nc(-c2ccsc2)nc2c(Br)cc(Br)cc12. The number of halogens is 2. The van der Waals surface area contributed by atoms with E-state index in [1.54, 1.807) is 11.3 Å². The smallest absolute Gasteiger partial charge is 0.163 e. The molecule has 0 aliphatic rings. The minimum atomic E-state index is 0.489. The number of nitrogen functional groups attached to an aromatic ring is 1. The fraction of sp³-hybridized carbons (Fsp3) is 0. The summed E-state index contributed by atoms with van der Waals surface area (Å²) in [6.45, 7) is 0. The second kappa shape index (κ2) is 4.60. The van der Waals surface area contributed by atoms with Crippen LogP contribution in [0, 0.1) is 0 Å². The van der Waals surface area contributed by atoms with Gasteiger partial charge in [-0.2, -0.15) is 11.3 Å². The average Bonchev–Trinajstić information content (AvgIpc) is 2.83. The molecule has 0 unspecified atom stereocenters. The van der Waals surface area contributed by atoms with Gasteiger partial charge in [0.15, 0.2) is 5.82 Å². The van der Waals surface area contributed by atoms with Crippen molar-refractivity contribution >= 4 is 59.9 Å². The van der Waals surface area contributed by atoms with Gasteiger partial charge in [0.2, 0.25) is 0 Å². The Morgan fingerprint density at radius 3 is 2.72 bits per heavy atom. The number of thiophene rings is 1. The Balaban J connectivity index is 2.34. The number of benzene rings is 1. The summed E-state index contributed by atoms with van der Waals surface area (Å²) in [6, 6.07) is 5.86. The number of aromatic nitrogens is 2. The lowest BCUT2D eigenvalue weighted by atomic mass is 10.2. The van der Waals surface area contributed by atoms with Crippen LogP contribution in [0.25, 0.3) is 22.3 Å². The third-order valence-corrected chi connectivity index (χ3v) is 4.27. The third-order valence-electron chi connectivity index (χ3n) is 2.53. The van der Waals surface area contributed by atoms with Crippen LogP contribution in [0.15, 0.2) is 37.9 Å². The van der Waals surface area contributed by atoms with Crippen LogP contribution >= 0.6 is 43.2 Å². The molecule has 6 heteroatoms. The Morgan fingerprint density at radius 1 is 1.17 bits per heavy atom. The van der Waals surface area contributed by atoms with Crippen LogP contribution in [0.5, 0.6) is 0 Å². The molecule has 2 aromatic heterocycles. The second-order valence-electron chi connectivity index (χ2n) is 3.73. The van der Waals surface area contributed by atoms with Gasteiger partial charge in [-0.3, -0.25) is 0 Å². The Bertz CT molecular complexity index is 726. The predicted molar refractivity (Wildman–Crippen MR) is 82.7 cm³/mol. The Kier molecular flexibility index (Phi) is 3.09. The summed E-state index contributed by atoms with van der Waals surface area (Å²) in [6.07, 6.45) is 0. The van der Waals surface area contributed by atoms with E-state index in [2.05, 4.69) is 41.8 Å². The van der Waals surface area contributed by atoms with Crippen molar-refractivity contribution in [2.75, 3.05) is 5.73 Å². The lowest BCUT2D eigenvalue weighted by Gasteiger charge is -2.06. The Morgan fingerprint density at radius 2 is 2.00 bits per heavy atom. The summed E-state index contributed by atoms with van der Waals surface area (Å²) in [5.74, 6) is 1.15. The van der Waals surface area contributed by atoms with Crippen molar-refractivity contribution in [3.63, 3.8) is 0 Å². The fourth-order valence-corrected chi connectivity index (χ4v) is 3.65. The van der Waals surface area contributed by atoms with Gasteiger partial charge >= 0.3 is 0 Å². The first-order chi connectivity index (χ1) is 8.65. The van der Waals surface area contributed by atoms with E-state index < -0.39 is 0 Å². The quantitative estimate of drug-likeness (QED) is 0.673. The number of fused-ring (bicyclic) bond motifs is 1. The monoisotopic (exact) mass is 383 g/mol. The van der Waals surface area contributed by atoms with E-state index >= 15 is 0 Å². The minimum absolute atomic E-state index is 0.489. The van der Waals surface area contributed by atoms with Crippen molar-refractivity contribution in [1.29, 1.82) is 0 Å². The fourth-order valence-electron chi connectivity index (χ4n) is 1.70. The zero-order chi connectivity index (χ0) is 12.7. The van der Waals surface area contributed by atoms with Crippen LogP contribution in [0.1, 0.15) is 0 Å². The van der Waals surface area contributed by atoms with Crippen molar-refractivity contribution in [2.45, 2.75) is 0 Å². The van der Waals surface area contributed by atoms with Crippen molar-refractivity contribution in [2.24, 2.45) is 0 Å². The van der Waals surface area contributed by atoms with Crippen LogP contribution in [-0.4, -0.2) is 9.97 Å². The molecule has 0 aliphatic heterocycles. The molecule has 0 amide bonds. The molecular weight excluding hydrogens is 378 g/mol. The van der Waals surface area contributed by atoms with Crippen LogP contribution in [0.2, 0.25) is 0 Å². The molecule has 3 nitrogen and oxygen atoms in total. The first kappa shape index (κ1) is 12.1. The lowest BCUT2D eigenvalue weighted by molar-refractivity contribution is 1.23. The number of anilines is 1. The van der Waals surface area contributed by atoms with E-state index in [0.29, 0.717) is 11.6 Å². The predicted octanol–water partition coefficient (Wildman–Crippen LogP) is 4.47. The highest BCUT2D eigenvalue weighted by molar-refractivity contribution is 9.11. The number of hydrogen-bond donors (Lipinski definition) is 1. The summed E-state index contributed by atoms with van der Waals surface area (Å²) in [4.78, 5) is 8.92. The molecule has 3 rings (SSSR count). The molecule has 0 atom stereocenters. The van der Waals surface area contributed by atoms with Crippen molar-refractivity contribution in [1.82, 2.24) is 9.97 Å². The van der Waals surface area contributed by atoms with Crippen LogP contribution in [0.3, 0.4) is 0 Å². The maximum Gasteiger partial charge on any atom is 0.163 e. The second-order valence-corrected chi connectivity index (χ2v) is 6.28. The topological polar surface area (TPSA) is 51.8 Å². The summed E-state index contributed by atoms with van der Waals surface area (Å²) >= 11 is 8.55. The number of rotatable bonds is 1. The first-order valence-corrected chi connectivity index (χ1v) is 7.63. The summed E-state index contributed by atoms with van der Waals surface area (Å²) in [5.41, 5.74) is 7.83. The van der Waals surface area contributed by atoms with Crippen molar-refractivity contribution in [3.8, 4) is 11.4 Å². The molecule has 0 saturated heterocycles. The van der Waals surface area contributed by atoms with Gasteiger partial charge < -0.3 is 5.73 Å². The van der Waals surface area contributed by atoms with Gasteiger partial charge in [-0.25, -0.2) is 9.97 Å². The largest absolute Gasteiger partial charge is 0.383 e. The maximum atomic E-state index is 6.01. The summed E-state index contributed by atoms with van der Waals surface area (Å²) in [5, 5.41) is 4.85. The number of nitrogens with zero attached hydrogens (tertiary/aromatic N) is 2. The lowest BCUT2D eigenvalue weighted by Crippen LogP contribution is -1.98. The Hall–Kier alpha value is -0.980. The van der Waals surface area contributed by atoms with Crippen molar-refractivity contribution < 1.29 is 0 Å². The molecule has 0 bridgehead atoms. The molecule has 0 spiro atoms. The highest BCUT2D eigenvalue weighted by Crippen LogP contribution is 2.31. The Labute approximate surface area is 124 Å². The average molecular weight is 385 g/mol. The summed E-state index contributed by atoms with van der Waals surface area (Å²) in [7, 11) is 0. The van der Waals surface area contributed by atoms with Crippen LogP contribution in [-0.2, 0) is 0 Å². The standard InChI is InChI=1S/C12H7Br2N3S/c13-7-3-8-10(9(14)4-7)16-12(17-11(8)15)6-1-2-18-5-6/h1-5H,(H2,15,16,17). The zero-order valence-electron chi connectivity index (χ0n) is 9.02. The molecule has 18 heavy (non-hydrogen) atoms. The van der Waals surface area contributed by atoms with E-state index in [9.17, 15) is 0 Å². The van der Waals surface area contributed by atoms with Gasteiger partial charge in [0.05, 0.1) is 5.52 Å². The molecule has 3 aromatic rings. The third kappa shape index (κ3) is 2.04. The van der Waals surface area contributed by atoms with E-state index in [1.807, 2.05) is 29.0 Å². The number of nitrogens with two attached hydrogens (primary N) is 1. The molecule has 0 fully saturated rings. The van der Waals surface area contributed by atoms with Crippen molar-refractivity contribution in [3.05, 3.63) is 37.9 Å². The molecule has 2 N–H and O–H groups in total. The van der Waals surface area contributed by atoms with Gasteiger partial charge in [-0.15, -0.1) is 0 Å². The molecule has 0 saturated carbocycles. The van der Waals surface area contributed by atoms with Gasteiger partial charge in [0.1, 0.15) is 5.82 Å². The first-order valence-electron chi connectivity index (χ1n) is 5.10. The van der Waals surface area contributed by atoms with E-state index in [4.69, 9.17) is 5.73 Å². The molecule has 0 aliphatic carbocycles. The zero-order valence-corrected chi connectivity index (χ0v) is 13.0. The van der Waals surface area contributed by atoms with Gasteiger partial charge in [-0.05, 0) is 39.5 Å². The van der Waals surface area contributed by atoms with E-state index in [-0.39, 0.29) is 0 Å². The molecular formula is C12H7Br2N3S. The molecule has 2 heterocycles. The van der Waals surface area contributed by atoms with Gasteiger partial charge in [0.25, 0.3) is 0 Å². The van der Waals surface area contributed by atoms with E-state index in [1.165, 1.54) is 0 Å². The van der Waals surface area contributed by atoms with Gasteiger partial charge in [-0.1, -0.05) is 15.9 Å². The molecule has 0 radical (unpaired) electrons. The maximum absolute atomic E-state index is 6.01. The normalized spacial score (nSPS) is 11.0. The van der Waals surface area contributed by atoms with Gasteiger partial charge in [0, 0.05) is 25.3 Å². The minimum Gasteiger partial charge on any atom is -0.383 e.